The standard InChI is InChI=1S/C25H40Cl2N6O5/c1-19-17-33(20-5-6-21(26)22(27)16-20)31-25(19)30-23(34)4-3-8-29-24(35)18-38-13-10-32(2)9-12-37-15-14-36-11-7-28/h5-6,16,19H,3-4,7-15,17-18,28H2,1-2H3,(H,29,35)(H,30,31,34). The molecule has 0 aromatic heterocycles. The van der Waals surface area contributed by atoms with Crippen LogP contribution in [0.15, 0.2) is 23.3 Å². The number of hydrogen-bond acceptors (Lipinski definition) is 9. The smallest absolute Gasteiger partial charge is 0.245 e. The number of anilines is 1. The maximum Gasteiger partial charge on any atom is 0.245 e. The van der Waals surface area contributed by atoms with Crippen molar-refractivity contribution in [3.8, 4) is 0 Å². The van der Waals surface area contributed by atoms with Gasteiger partial charge >= 0.3 is 0 Å². The first-order valence-corrected chi connectivity index (χ1v) is 13.5. The molecule has 0 aliphatic carbocycles. The molecule has 2 amide bonds. The fraction of sp³-hybridized carbons (Fsp3) is 0.640. The van der Waals surface area contributed by atoms with E-state index in [0.717, 1.165) is 12.2 Å². The lowest BCUT2D eigenvalue weighted by molar-refractivity contribution is -0.126. The van der Waals surface area contributed by atoms with Crippen molar-refractivity contribution >= 4 is 46.5 Å². The van der Waals surface area contributed by atoms with E-state index in [-0.39, 0.29) is 30.8 Å². The van der Waals surface area contributed by atoms with Crippen molar-refractivity contribution < 1.29 is 23.8 Å². The van der Waals surface area contributed by atoms with Gasteiger partial charge in [-0.2, -0.15) is 5.10 Å². The second-order valence-corrected chi connectivity index (χ2v) is 9.75. The molecule has 1 heterocycles. The highest BCUT2D eigenvalue weighted by Gasteiger charge is 2.25. The highest BCUT2D eigenvalue weighted by Crippen LogP contribution is 2.29. The third kappa shape index (κ3) is 12.7. The molecule has 1 unspecified atom stereocenters. The van der Waals surface area contributed by atoms with Crippen molar-refractivity contribution in [3.05, 3.63) is 28.2 Å². The van der Waals surface area contributed by atoms with Crippen LogP contribution in [0.3, 0.4) is 0 Å². The number of amides is 2. The van der Waals surface area contributed by atoms with E-state index in [1.54, 1.807) is 17.1 Å². The van der Waals surface area contributed by atoms with Gasteiger partial charge < -0.3 is 35.5 Å². The molecule has 38 heavy (non-hydrogen) atoms. The molecule has 1 aliphatic rings. The van der Waals surface area contributed by atoms with Crippen molar-refractivity contribution in [2.45, 2.75) is 19.8 Å². The Kier molecular flexibility index (Phi) is 15.5. The topological polar surface area (TPSA) is 131 Å². The summed E-state index contributed by atoms with van der Waals surface area (Å²) < 4.78 is 16.2. The first-order chi connectivity index (χ1) is 18.3. The Morgan fingerprint density at radius 3 is 2.50 bits per heavy atom. The van der Waals surface area contributed by atoms with Crippen LogP contribution in [0.5, 0.6) is 0 Å². The van der Waals surface area contributed by atoms with E-state index in [4.69, 9.17) is 43.1 Å². The minimum absolute atomic E-state index is 0.0200. The summed E-state index contributed by atoms with van der Waals surface area (Å²) in [6.07, 6.45) is 0.779. The Morgan fingerprint density at radius 2 is 1.79 bits per heavy atom. The van der Waals surface area contributed by atoms with Crippen LogP contribution in [-0.2, 0) is 23.8 Å². The summed E-state index contributed by atoms with van der Waals surface area (Å²) >= 11 is 12.1. The highest BCUT2D eigenvalue weighted by molar-refractivity contribution is 6.42. The number of carbonyl (C=O) groups excluding carboxylic acids is 2. The van der Waals surface area contributed by atoms with E-state index >= 15 is 0 Å². The Morgan fingerprint density at radius 1 is 1.08 bits per heavy atom. The average molecular weight is 576 g/mol. The summed E-state index contributed by atoms with van der Waals surface area (Å²) in [7, 11) is 1.96. The monoisotopic (exact) mass is 574 g/mol. The van der Waals surface area contributed by atoms with Crippen LogP contribution in [0.1, 0.15) is 19.8 Å². The van der Waals surface area contributed by atoms with E-state index < -0.39 is 0 Å². The van der Waals surface area contributed by atoms with Crippen molar-refractivity contribution in [3.63, 3.8) is 0 Å². The molecule has 2 rings (SSSR count). The summed E-state index contributed by atoms with van der Waals surface area (Å²) in [4.78, 5) is 26.4. The van der Waals surface area contributed by atoms with Gasteiger partial charge in [-0.25, -0.2) is 0 Å². The minimum atomic E-state index is -0.208. The maximum absolute atomic E-state index is 12.3. The quantitative estimate of drug-likeness (QED) is 0.226. The lowest BCUT2D eigenvalue weighted by Gasteiger charge is -2.16. The van der Waals surface area contributed by atoms with E-state index in [1.165, 1.54) is 0 Å². The zero-order valence-corrected chi connectivity index (χ0v) is 23.7. The third-order valence-electron chi connectivity index (χ3n) is 5.62. The van der Waals surface area contributed by atoms with Crippen molar-refractivity contribution in [2.75, 3.05) is 84.4 Å². The molecule has 1 atom stereocenters. The second-order valence-electron chi connectivity index (χ2n) is 8.94. The Balaban J connectivity index is 1.51. The van der Waals surface area contributed by atoms with Crippen LogP contribution < -0.4 is 21.4 Å². The zero-order valence-electron chi connectivity index (χ0n) is 22.2. The normalized spacial score (nSPS) is 15.2. The zero-order chi connectivity index (χ0) is 27.8. The van der Waals surface area contributed by atoms with Gasteiger partial charge in [0.1, 0.15) is 12.4 Å². The second kappa shape index (κ2) is 18.3. The molecule has 0 saturated carbocycles. The number of carbonyl (C=O) groups is 2. The van der Waals surface area contributed by atoms with Crippen LogP contribution in [0.4, 0.5) is 5.69 Å². The number of benzene rings is 1. The number of ether oxygens (including phenoxy) is 3. The largest absolute Gasteiger partial charge is 0.378 e. The molecule has 0 fully saturated rings. The van der Waals surface area contributed by atoms with Crippen LogP contribution in [-0.4, -0.2) is 102 Å². The first-order valence-electron chi connectivity index (χ1n) is 12.8. The highest BCUT2D eigenvalue weighted by atomic mass is 35.5. The van der Waals surface area contributed by atoms with Gasteiger partial charge in [0.05, 0.1) is 55.3 Å². The van der Waals surface area contributed by atoms with Crippen LogP contribution in [0.2, 0.25) is 10.0 Å². The van der Waals surface area contributed by atoms with Crippen LogP contribution in [0.25, 0.3) is 0 Å². The number of hydrogen-bond donors (Lipinski definition) is 3. The fourth-order valence-corrected chi connectivity index (χ4v) is 3.72. The molecule has 1 aliphatic heterocycles. The lowest BCUT2D eigenvalue weighted by Crippen LogP contribution is -2.34. The SMILES string of the molecule is CC1CN(c2ccc(Cl)c(Cl)c2)N=C1NC(=O)CCCNC(=O)COCCN(C)CCOCCOCCN. The van der Waals surface area contributed by atoms with Gasteiger partial charge in [0, 0.05) is 38.5 Å². The summed E-state index contributed by atoms with van der Waals surface area (Å²) in [6, 6.07) is 5.29. The minimum Gasteiger partial charge on any atom is -0.378 e. The number of nitrogens with one attached hydrogen (secondary N) is 2. The number of hydrazone groups is 1. The molecule has 4 N–H and O–H groups in total. The molecule has 0 spiro atoms. The predicted molar refractivity (Wildman–Crippen MR) is 150 cm³/mol. The average Bonchev–Trinajstić information content (AvgIpc) is 3.25. The summed E-state index contributed by atoms with van der Waals surface area (Å²) in [6.45, 7) is 7.59. The van der Waals surface area contributed by atoms with E-state index in [9.17, 15) is 9.59 Å². The van der Waals surface area contributed by atoms with Gasteiger partial charge in [0.25, 0.3) is 0 Å². The molecule has 0 radical (unpaired) electrons. The summed E-state index contributed by atoms with van der Waals surface area (Å²) in [5.74, 6) is 0.302. The van der Waals surface area contributed by atoms with Crippen molar-refractivity contribution in [2.24, 2.45) is 16.8 Å². The number of rotatable bonds is 18. The number of nitrogens with two attached hydrogens (primary N) is 1. The van der Waals surface area contributed by atoms with Gasteiger partial charge in [-0.15, -0.1) is 0 Å². The molecule has 0 saturated heterocycles. The van der Waals surface area contributed by atoms with Gasteiger partial charge in [0.2, 0.25) is 11.8 Å². The maximum atomic E-state index is 12.3. The third-order valence-corrected chi connectivity index (χ3v) is 6.35. The summed E-state index contributed by atoms with van der Waals surface area (Å²) in [5, 5.41) is 12.9. The first kappa shape index (κ1) is 32.2. The van der Waals surface area contributed by atoms with Crippen molar-refractivity contribution in [1.29, 1.82) is 0 Å². The molecular formula is C25H40Cl2N6O5. The Labute approximate surface area is 234 Å². The van der Waals surface area contributed by atoms with Gasteiger partial charge in [-0.05, 0) is 31.7 Å². The van der Waals surface area contributed by atoms with E-state index in [0.29, 0.717) is 81.5 Å². The lowest BCUT2D eigenvalue weighted by atomic mass is 10.1. The van der Waals surface area contributed by atoms with Crippen molar-refractivity contribution in [1.82, 2.24) is 15.5 Å². The number of nitrogens with zero attached hydrogens (tertiary/aromatic N) is 3. The van der Waals surface area contributed by atoms with Gasteiger partial charge in [-0.3, -0.25) is 14.6 Å². The van der Waals surface area contributed by atoms with Gasteiger partial charge in [0.15, 0.2) is 0 Å². The molecule has 214 valence electrons. The van der Waals surface area contributed by atoms with Crippen LogP contribution >= 0.6 is 23.2 Å². The van der Waals surface area contributed by atoms with Crippen LogP contribution in [0, 0.1) is 5.92 Å². The Hall–Kier alpha value is -1.99. The Bertz CT molecular complexity index is 907. The fourth-order valence-electron chi connectivity index (χ4n) is 3.43. The van der Waals surface area contributed by atoms with E-state index in [1.807, 2.05) is 20.0 Å². The molecule has 1 aromatic carbocycles. The summed E-state index contributed by atoms with van der Waals surface area (Å²) in [5.41, 5.74) is 6.15. The van der Waals surface area contributed by atoms with Gasteiger partial charge in [-0.1, -0.05) is 30.1 Å². The molecule has 11 nitrogen and oxygen atoms in total. The van der Waals surface area contributed by atoms with E-state index in [2.05, 4.69) is 20.6 Å². The number of likely N-dealkylation sites (N-methyl/N-ethyl adjacent to an activating group) is 1. The number of halogens is 2. The molecular weight excluding hydrogens is 535 g/mol. The predicted octanol–water partition coefficient (Wildman–Crippen LogP) is 1.72. The molecule has 13 heteroatoms. The number of amidine groups is 1. The molecule has 1 aromatic rings. The molecule has 0 bridgehead atoms.